The molecule has 3 rings (SSSR count). The summed E-state index contributed by atoms with van der Waals surface area (Å²) in [6, 6.07) is 9.87. The number of rotatable bonds is 5. The number of hydrogen-bond acceptors (Lipinski definition) is 4. The second-order valence-corrected chi connectivity index (χ2v) is 7.18. The minimum atomic E-state index is -0.0846. The minimum absolute atomic E-state index is 0.0710. The number of hydrogen-bond donors (Lipinski definition) is 2. The molecule has 1 amide bonds. The van der Waals surface area contributed by atoms with Gasteiger partial charge in [-0.1, -0.05) is 26.0 Å². The van der Waals surface area contributed by atoms with Gasteiger partial charge < -0.3 is 15.1 Å². The number of amides is 1. The minimum Gasteiger partial charge on any atom is -0.330 e. The number of benzene rings is 1. The summed E-state index contributed by atoms with van der Waals surface area (Å²) >= 11 is 0. The quantitative estimate of drug-likeness (QED) is 0.850. The van der Waals surface area contributed by atoms with Crippen molar-refractivity contribution in [1.29, 1.82) is 0 Å². The average molecular weight is 354 g/mol. The van der Waals surface area contributed by atoms with Gasteiger partial charge in [-0.3, -0.25) is 4.79 Å². The van der Waals surface area contributed by atoms with Crippen LogP contribution in [-0.2, 0) is 4.79 Å². The third-order valence-electron chi connectivity index (χ3n) is 5.09. The van der Waals surface area contributed by atoms with E-state index in [9.17, 15) is 4.79 Å². The molecule has 1 atom stereocenters. The van der Waals surface area contributed by atoms with Crippen LogP contribution in [0.15, 0.2) is 42.7 Å². The molecule has 1 fully saturated rings. The summed E-state index contributed by atoms with van der Waals surface area (Å²) in [5.74, 6) is 1.34. The fourth-order valence-corrected chi connectivity index (χ4v) is 3.27. The number of nitrogens with one attached hydrogen (secondary N) is 2. The Bertz CT molecular complexity index is 709. The highest BCUT2D eigenvalue weighted by molar-refractivity contribution is 5.93. The Kier molecular flexibility index (Phi) is 5.83. The van der Waals surface area contributed by atoms with Crippen LogP contribution in [0.3, 0.4) is 0 Å². The van der Waals surface area contributed by atoms with Crippen LogP contribution in [0.25, 0.3) is 0 Å². The molecule has 6 heteroatoms. The lowest BCUT2D eigenvalue weighted by Crippen LogP contribution is -3.19. The molecule has 1 aliphatic heterocycles. The predicted octanol–water partition coefficient (Wildman–Crippen LogP) is 1.33. The number of quaternary nitrogens is 1. The largest absolute Gasteiger partial charge is 0.330 e. The van der Waals surface area contributed by atoms with Crippen molar-refractivity contribution in [1.82, 2.24) is 9.97 Å². The zero-order chi connectivity index (χ0) is 18.5. The second kappa shape index (κ2) is 8.27. The molecule has 0 aliphatic carbocycles. The molecule has 1 saturated heterocycles. The standard InChI is InChI=1S/C20H27N5O/c1-15(2)17-5-7-18(8-6-17)23-19(26)16(3)24-11-13-25(14-12-24)20-21-9-4-10-22-20/h4-10,15-16H,11-14H2,1-3H3,(H,23,26)/p+1/t16-/m1/s1. The molecule has 1 aliphatic rings. The molecular weight excluding hydrogens is 326 g/mol. The van der Waals surface area contributed by atoms with Crippen LogP contribution in [0.1, 0.15) is 32.3 Å². The van der Waals surface area contributed by atoms with Gasteiger partial charge in [-0.05, 0) is 36.6 Å². The van der Waals surface area contributed by atoms with Crippen molar-refractivity contribution < 1.29 is 9.69 Å². The van der Waals surface area contributed by atoms with Crippen LogP contribution in [0.2, 0.25) is 0 Å². The van der Waals surface area contributed by atoms with Crippen LogP contribution >= 0.6 is 0 Å². The van der Waals surface area contributed by atoms with Gasteiger partial charge in [-0.2, -0.15) is 0 Å². The number of piperazine rings is 1. The van der Waals surface area contributed by atoms with Gasteiger partial charge in [0.2, 0.25) is 5.95 Å². The van der Waals surface area contributed by atoms with Gasteiger partial charge >= 0.3 is 0 Å². The summed E-state index contributed by atoms with van der Waals surface area (Å²) in [5.41, 5.74) is 2.14. The average Bonchev–Trinajstić information content (AvgIpc) is 2.68. The molecule has 0 radical (unpaired) electrons. The van der Waals surface area contributed by atoms with Crippen LogP contribution < -0.4 is 15.1 Å². The number of anilines is 2. The Morgan fingerprint density at radius 1 is 1.08 bits per heavy atom. The Hall–Kier alpha value is -2.47. The van der Waals surface area contributed by atoms with Crippen molar-refractivity contribution >= 4 is 17.5 Å². The molecule has 6 nitrogen and oxygen atoms in total. The van der Waals surface area contributed by atoms with E-state index in [1.807, 2.05) is 25.1 Å². The van der Waals surface area contributed by atoms with E-state index in [4.69, 9.17) is 0 Å². The fourth-order valence-electron chi connectivity index (χ4n) is 3.27. The highest BCUT2D eigenvalue weighted by atomic mass is 16.2. The first kappa shape index (κ1) is 18.3. The first-order valence-electron chi connectivity index (χ1n) is 9.32. The number of carbonyl (C=O) groups is 1. The molecule has 0 unspecified atom stereocenters. The molecule has 26 heavy (non-hydrogen) atoms. The van der Waals surface area contributed by atoms with Gasteiger partial charge in [0.15, 0.2) is 6.04 Å². The van der Waals surface area contributed by atoms with Crippen LogP contribution in [0, 0.1) is 0 Å². The van der Waals surface area contributed by atoms with Gasteiger partial charge in [0, 0.05) is 18.1 Å². The first-order chi connectivity index (χ1) is 12.5. The predicted molar refractivity (Wildman–Crippen MR) is 104 cm³/mol. The third-order valence-corrected chi connectivity index (χ3v) is 5.09. The summed E-state index contributed by atoms with van der Waals surface area (Å²) in [7, 11) is 0. The van der Waals surface area contributed by atoms with Crippen LogP contribution in [-0.4, -0.2) is 48.1 Å². The van der Waals surface area contributed by atoms with Gasteiger partial charge in [-0.25, -0.2) is 9.97 Å². The Balaban J connectivity index is 1.53. The van der Waals surface area contributed by atoms with E-state index in [2.05, 4.69) is 46.2 Å². The van der Waals surface area contributed by atoms with Crippen molar-refractivity contribution in [3.05, 3.63) is 48.3 Å². The van der Waals surface area contributed by atoms with Crippen molar-refractivity contribution in [3.63, 3.8) is 0 Å². The molecule has 0 bridgehead atoms. The molecule has 138 valence electrons. The van der Waals surface area contributed by atoms with E-state index >= 15 is 0 Å². The van der Waals surface area contributed by atoms with E-state index < -0.39 is 0 Å². The van der Waals surface area contributed by atoms with Crippen molar-refractivity contribution in [3.8, 4) is 0 Å². The summed E-state index contributed by atoms with van der Waals surface area (Å²) in [5, 5.41) is 3.05. The lowest BCUT2D eigenvalue weighted by Gasteiger charge is -2.34. The van der Waals surface area contributed by atoms with E-state index in [0.29, 0.717) is 5.92 Å². The summed E-state index contributed by atoms with van der Waals surface area (Å²) in [6.07, 6.45) is 3.53. The zero-order valence-electron chi connectivity index (χ0n) is 15.8. The fraction of sp³-hybridized carbons (Fsp3) is 0.450. The van der Waals surface area contributed by atoms with E-state index in [1.165, 1.54) is 10.5 Å². The van der Waals surface area contributed by atoms with E-state index in [0.717, 1.165) is 37.8 Å². The van der Waals surface area contributed by atoms with Crippen molar-refractivity contribution in [2.45, 2.75) is 32.7 Å². The zero-order valence-corrected chi connectivity index (χ0v) is 15.8. The van der Waals surface area contributed by atoms with Crippen molar-refractivity contribution in [2.75, 3.05) is 36.4 Å². The van der Waals surface area contributed by atoms with Crippen LogP contribution in [0.4, 0.5) is 11.6 Å². The summed E-state index contributed by atoms with van der Waals surface area (Å²) in [4.78, 5) is 24.7. The lowest BCUT2D eigenvalue weighted by molar-refractivity contribution is -0.914. The van der Waals surface area contributed by atoms with E-state index in [-0.39, 0.29) is 11.9 Å². The molecule has 0 spiro atoms. The van der Waals surface area contributed by atoms with Crippen LogP contribution in [0.5, 0.6) is 0 Å². The maximum Gasteiger partial charge on any atom is 0.282 e. The highest BCUT2D eigenvalue weighted by Gasteiger charge is 2.29. The second-order valence-electron chi connectivity index (χ2n) is 7.18. The smallest absolute Gasteiger partial charge is 0.282 e. The first-order valence-corrected chi connectivity index (χ1v) is 9.32. The molecule has 1 aromatic carbocycles. The number of carbonyl (C=O) groups excluding carboxylic acids is 1. The Morgan fingerprint density at radius 3 is 2.27 bits per heavy atom. The molecule has 2 N–H and O–H groups in total. The summed E-state index contributed by atoms with van der Waals surface area (Å²) in [6.45, 7) is 9.86. The Labute approximate surface area is 155 Å². The Morgan fingerprint density at radius 2 is 1.69 bits per heavy atom. The van der Waals surface area contributed by atoms with Crippen molar-refractivity contribution in [2.24, 2.45) is 0 Å². The van der Waals surface area contributed by atoms with E-state index in [1.54, 1.807) is 12.4 Å². The normalized spacial score (nSPS) is 16.5. The molecule has 2 heterocycles. The van der Waals surface area contributed by atoms with Gasteiger partial charge in [0.1, 0.15) is 0 Å². The SMILES string of the molecule is CC(C)c1ccc(NC(=O)[C@@H](C)[NH+]2CCN(c3ncccn3)CC2)cc1. The number of nitrogens with zero attached hydrogens (tertiary/aromatic N) is 3. The molecule has 0 saturated carbocycles. The monoisotopic (exact) mass is 354 g/mol. The van der Waals surface area contributed by atoms with Gasteiger partial charge in [0.05, 0.1) is 26.2 Å². The lowest BCUT2D eigenvalue weighted by atomic mass is 10.0. The third kappa shape index (κ3) is 4.38. The van der Waals surface area contributed by atoms with Gasteiger partial charge in [0.25, 0.3) is 5.91 Å². The maximum absolute atomic E-state index is 12.6. The topological polar surface area (TPSA) is 62.6 Å². The highest BCUT2D eigenvalue weighted by Crippen LogP contribution is 2.17. The van der Waals surface area contributed by atoms with Gasteiger partial charge in [-0.15, -0.1) is 0 Å². The molecule has 2 aromatic rings. The maximum atomic E-state index is 12.6. The summed E-state index contributed by atoms with van der Waals surface area (Å²) < 4.78 is 0. The molecular formula is C20H28N5O+. The number of aromatic nitrogens is 2. The molecule has 1 aromatic heterocycles.